The van der Waals surface area contributed by atoms with Crippen molar-refractivity contribution in [3.05, 3.63) is 35.9 Å². The van der Waals surface area contributed by atoms with E-state index in [9.17, 15) is 4.79 Å². The van der Waals surface area contributed by atoms with Crippen molar-refractivity contribution in [2.45, 2.75) is 59.5 Å². The first-order valence-electron chi connectivity index (χ1n) is 9.24. The maximum atomic E-state index is 11.8. The topological polar surface area (TPSA) is 44.8 Å². The van der Waals surface area contributed by atoms with E-state index in [2.05, 4.69) is 13.8 Å². The number of benzene rings is 1. The molecule has 0 heterocycles. The van der Waals surface area contributed by atoms with Gasteiger partial charge in [-0.3, -0.25) is 0 Å². The summed E-state index contributed by atoms with van der Waals surface area (Å²) < 4.78 is 16.2. The number of rotatable bonds is 12. The van der Waals surface area contributed by atoms with Gasteiger partial charge in [0.1, 0.15) is 5.75 Å². The molecular weight excluding hydrogens is 316 g/mol. The highest BCUT2D eigenvalue weighted by Crippen LogP contribution is 2.15. The van der Waals surface area contributed by atoms with Crippen LogP contribution in [0.4, 0.5) is 0 Å². The van der Waals surface area contributed by atoms with Crippen LogP contribution in [0.15, 0.2) is 30.3 Å². The summed E-state index contributed by atoms with van der Waals surface area (Å²) in [7, 11) is 0. The predicted molar refractivity (Wildman–Crippen MR) is 101 cm³/mol. The summed E-state index contributed by atoms with van der Waals surface area (Å²) in [5.41, 5.74) is 0.923. The van der Waals surface area contributed by atoms with Crippen LogP contribution in [0, 0.1) is 5.92 Å². The van der Waals surface area contributed by atoms with Crippen molar-refractivity contribution in [2.75, 3.05) is 13.4 Å². The minimum Gasteiger partial charge on any atom is -0.468 e. The molecule has 0 saturated carbocycles. The van der Waals surface area contributed by atoms with E-state index in [4.69, 9.17) is 14.2 Å². The Bertz CT molecular complexity index is 505. The van der Waals surface area contributed by atoms with E-state index in [1.807, 2.05) is 38.1 Å². The molecule has 0 aliphatic rings. The third-order valence-corrected chi connectivity index (χ3v) is 3.92. The molecule has 1 atom stereocenters. The van der Waals surface area contributed by atoms with Gasteiger partial charge in [-0.15, -0.1) is 0 Å². The Morgan fingerprint density at radius 1 is 1.16 bits per heavy atom. The minimum atomic E-state index is -0.291. The van der Waals surface area contributed by atoms with Gasteiger partial charge in [-0.2, -0.15) is 0 Å². The quantitative estimate of drug-likeness (QED) is 0.295. The van der Waals surface area contributed by atoms with Crippen molar-refractivity contribution in [1.29, 1.82) is 0 Å². The summed E-state index contributed by atoms with van der Waals surface area (Å²) in [4.78, 5) is 11.8. The summed E-state index contributed by atoms with van der Waals surface area (Å²) in [5.74, 6) is 0.907. The Labute approximate surface area is 152 Å². The maximum absolute atomic E-state index is 11.8. The lowest BCUT2D eigenvalue weighted by atomic mass is 10.0. The van der Waals surface area contributed by atoms with E-state index >= 15 is 0 Å². The molecule has 0 bridgehead atoms. The molecule has 0 aliphatic heterocycles. The molecule has 1 rings (SSSR count). The third-order valence-electron chi connectivity index (χ3n) is 3.92. The Morgan fingerprint density at radius 3 is 2.48 bits per heavy atom. The SMILES string of the molecule is CCCCC(CC)COC(=O)/C=C/c1ccc(OCOC(C)C)cc1. The zero-order valence-electron chi connectivity index (χ0n) is 16.0. The zero-order chi connectivity index (χ0) is 18.5. The van der Waals surface area contributed by atoms with Crippen LogP contribution in [-0.2, 0) is 14.3 Å². The van der Waals surface area contributed by atoms with Crippen LogP contribution in [0.2, 0.25) is 0 Å². The van der Waals surface area contributed by atoms with Gasteiger partial charge in [0.15, 0.2) is 6.79 Å². The second-order valence-corrected chi connectivity index (χ2v) is 6.43. The molecule has 1 aromatic carbocycles. The lowest BCUT2D eigenvalue weighted by Crippen LogP contribution is -2.12. The van der Waals surface area contributed by atoms with Crippen LogP contribution < -0.4 is 4.74 Å². The molecule has 4 nitrogen and oxygen atoms in total. The van der Waals surface area contributed by atoms with Gasteiger partial charge in [0.05, 0.1) is 12.7 Å². The molecule has 140 valence electrons. The van der Waals surface area contributed by atoms with Gasteiger partial charge in [-0.05, 0) is 50.0 Å². The summed E-state index contributed by atoms with van der Waals surface area (Å²) in [6.45, 7) is 8.97. The molecule has 0 N–H and O–H groups in total. The molecule has 0 aromatic heterocycles. The van der Waals surface area contributed by atoms with E-state index in [0.29, 0.717) is 12.5 Å². The van der Waals surface area contributed by atoms with Crippen LogP contribution in [0.5, 0.6) is 5.75 Å². The van der Waals surface area contributed by atoms with Crippen molar-refractivity contribution >= 4 is 12.0 Å². The average Bonchev–Trinajstić information content (AvgIpc) is 2.61. The second kappa shape index (κ2) is 12.5. The first-order chi connectivity index (χ1) is 12.0. The minimum absolute atomic E-state index is 0.141. The summed E-state index contributed by atoms with van der Waals surface area (Å²) in [5, 5.41) is 0. The number of carbonyl (C=O) groups is 1. The maximum Gasteiger partial charge on any atom is 0.330 e. The highest BCUT2D eigenvalue weighted by atomic mass is 16.7. The van der Waals surface area contributed by atoms with E-state index in [-0.39, 0.29) is 18.9 Å². The third kappa shape index (κ3) is 9.92. The van der Waals surface area contributed by atoms with E-state index in [1.54, 1.807) is 6.08 Å². The number of esters is 1. The molecule has 0 saturated heterocycles. The van der Waals surface area contributed by atoms with Crippen LogP contribution in [-0.4, -0.2) is 25.5 Å². The van der Waals surface area contributed by atoms with Gasteiger partial charge < -0.3 is 14.2 Å². The van der Waals surface area contributed by atoms with Gasteiger partial charge in [-0.25, -0.2) is 4.79 Å². The number of ether oxygens (including phenoxy) is 3. The summed E-state index contributed by atoms with van der Waals surface area (Å²) in [6, 6.07) is 7.49. The van der Waals surface area contributed by atoms with Gasteiger partial charge in [0.25, 0.3) is 0 Å². The van der Waals surface area contributed by atoms with Crippen LogP contribution >= 0.6 is 0 Å². The van der Waals surface area contributed by atoms with E-state index < -0.39 is 0 Å². The fourth-order valence-electron chi connectivity index (χ4n) is 2.22. The average molecular weight is 348 g/mol. The Balaban J connectivity index is 2.37. The molecule has 0 fully saturated rings. The molecule has 0 spiro atoms. The lowest BCUT2D eigenvalue weighted by Gasteiger charge is -2.13. The van der Waals surface area contributed by atoms with E-state index in [1.165, 1.54) is 18.9 Å². The summed E-state index contributed by atoms with van der Waals surface area (Å²) in [6.07, 6.45) is 7.89. The smallest absolute Gasteiger partial charge is 0.330 e. The van der Waals surface area contributed by atoms with Crippen LogP contribution in [0.25, 0.3) is 6.08 Å². The monoisotopic (exact) mass is 348 g/mol. The number of carbonyl (C=O) groups excluding carboxylic acids is 1. The highest BCUT2D eigenvalue weighted by Gasteiger charge is 2.08. The normalized spacial score (nSPS) is 12.5. The zero-order valence-corrected chi connectivity index (χ0v) is 16.0. The standard InChI is InChI=1S/C21H32O4/c1-5-7-8-18(6-2)15-23-21(22)14-11-19-9-12-20(13-10-19)25-16-24-17(3)4/h9-14,17-18H,5-8,15-16H2,1-4H3/b14-11+. The van der Waals surface area contributed by atoms with Crippen LogP contribution in [0.1, 0.15) is 58.9 Å². The fourth-order valence-corrected chi connectivity index (χ4v) is 2.22. The Hall–Kier alpha value is -1.81. The molecular formula is C21H32O4. The molecule has 0 radical (unpaired) electrons. The van der Waals surface area contributed by atoms with Gasteiger partial charge in [0.2, 0.25) is 0 Å². The Morgan fingerprint density at radius 2 is 1.88 bits per heavy atom. The van der Waals surface area contributed by atoms with Crippen molar-refractivity contribution in [3.8, 4) is 5.75 Å². The van der Waals surface area contributed by atoms with Crippen molar-refractivity contribution in [1.82, 2.24) is 0 Å². The van der Waals surface area contributed by atoms with E-state index in [0.717, 1.165) is 24.2 Å². The fraction of sp³-hybridized carbons (Fsp3) is 0.571. The number of unbranched alkanes of at least 4 members (excludes halogenated alkanes) is 1. The van der Waals surface area contributed by atoms with Gasteiger partial charge in [-0.1, -0.05) is 45.2 Å². The number of hydrogen-bond acceptors (Lipinski definition) is 4. The van der Waals surface area contributed by atoms with Crippen LogP contribution in [0.3, 0.4) is 0 Å². The van der Waals surface area contributed by atoms with Crippen molar-refractivity contribution in [3.63, 3.8) is 0 Å². The van der Waals surface area contributed by atoms with Crippen molar-refractivity contribution < 1.29 is 19.0 Å². The molecule has 1 unspecified atom stereocenters. The van der Waals surface area contributed by atoms with Gasteiger partial charge >= 0.3 is 5.97 Å². The number of hydrogen-bond donors (Lipinski definition) is 0. The van der Waals surface area contributed by atoms with Gasteiger partial charge in [0, 0.05) is 6.08 Å². The molecule has 4 heteroatoms. The molecule has 1 aromatic rings. The highest BCUT2D eigenvalue weighted by molar-refractivity contribution is 5.87. The Kier molecular flexibility index (Phi) is 10.6. The largest absolute Gasteiger partial charge is 0.468 e. The predicted octanol–water partition coefficient (Wildman–Crippen LogP) is 5.22. The van der Waals surface area contributed by atoms with Crippen molar-refractivity contribution in [2.24, 2.45) is 5.92 Å². The molecule has 0 amide bonds. The lowest BCUT2D eigenvalue weighted by molar-refractivity contribution is -0.139. The first kappa shape index (κ1) is 21.2. The molecule has 25 heavy (non-hydrogen) atoms. The first-order valence-corrected chi connectivity index (χ1v) is 9.24. The second-order valence-electron chi connectivity index (χ2n) is 6.43. The molecule has 0 aliphatic carbocycles. The summed E-state index contributed by atoms with van der Waals surface area (Å²) >= 11 is 0.